The van der Waals surface area contributed by atoms with E-state index in [1.165, 1.54) is 18.2 Å². The minimum atomic E-state index is -0.489. The van der Waals surface area contributed by atoms with Gasteiger partial charge in [0.05, 0.1) is 22.1 Å². The van der Waals surface area contributed by atoms with E-state index in [-0.39, 0.29) is 34.6 Å². The predicted octanol–water partition coefficient (Wildman–Crippen LogP) is 4.53. The lowest BCUT2D eigenvalue weighted by atomic mass is 10.0. The average Bonchev–Trinajstić information content (AvgIpc) is 2.67. The number of rotatable bonds is 8. The van der Waals surface area contributed by atoms with Crippen molar-refractivity contribution in [1.82, 2.24) is 5.32 Å². The van der Waals surface area contributed by atoms with Gasteiger partial charge in [-0.15, -0.1) is 0 Å². The van der Waals surface area contributed by atoms with E-state index < -0.39 is 4.92 Å². The second kappa shape index (κ2) is 9.58. The van der Waals surface area contributed by atoms with Crippen molar-refractivity contribution in [3.05, 3.63) is 62.7 Å². The number of amides is 2. The molecule has 2 amide bonds. The molecule has 0 unspecified atom stereocenters. The second-order valence-electron chi connectivity index (χ2n) is 7.54. The van der Waals surface area contributed by atoms with Crippen LogP contribution in [0.1, 0.15) is 43.1 Å². The number of hydrogen-bond acceptors (Lipinski definition) is 5. The van der Waals surface area contributed by atoms with E-state index in [1.807, 2.05) is 20.8 Å². The highest BCUT2D eigenvalue weighted by molar-refractivity contribution is 6.34. The van der Waals surface area contributed by atoms with Gasteiger partial charge in [0.1, 0.15) is 0 Å². The van der Waals surface area contributed by atoms with Crippen LogP contribution in [0.4, 0.5) is 17.1 Å². The Kier molecular flexibility index (Phi) is 7.39. The fourth-order valence-corrected chi connectivity index (χ4v) is 2.82. The van der Waals surface area contributed by atoms with E-state index in [9.17, 15) is 19.7 Å². The van der Waals surface area contributed by atoms with E-state index >= 15 is 0 Å². The van der Waals surface area contributed by atoms with E-state index in [0.717, 1.165) is 6.42 Å². The molecule has 9 heteroatoms. The number of halogens is 1. The van der Waals surface area contributed by atoms with Gasteiger partial charge < -0.3 is 16.0 Å². The van der Waals surface area contributed by atoms with Gasteiger partial charge in [0.25, 0.3) is 11.6 Å². The van der Waals surface area contributed by atoms with Crippen molar-refractivity contribution >= 4 is 40.5 Å². The third-order valence-electron chi connectivity index (χ3n) is 4.70. The Morgan fingerprint density at radius 1 is 1.17 bits per heavy atom. The lowest BCUT2D eigenvalue weighted by Crippen LogP contribution is -2.42. The van der Waals surface area contributed by atoms with Crippen LogP contribution >= 0.6 is 11.6 Å². The van der Waals surface area contributed by atoms with Crippen LogP contribution in [0.2, 0.25) is 5.02 Å². The first-order valence-electron chi connectivity index (χ1n) is 9.43. The number of aryl methyl sites for hydroxylation is 1. The molecule has 2 rings (SSSR count). The molecule has 0 heterocycles. The maximum atomic E-state index is 12.4. The third kappa shape index (κ3) is 6.18. The summed E-state index contributed by atoms with van der Waals surface area (Å²) in [6.07, 6.45) is 0.777. The monoisotopic (exact) mass is 432 g/mol. The number of non-ortho nitro benzene ring substituents is 1. The summed E-state index contributed by atoms with van der Waals surface area (Å²) in [5, 5.41) is 19.6. The molecule has 160 valence electrons. The van der Waals surface area contributed by atoms with Gasteiger partial charge in [-0.25, -0.2) is 0 Å². The minimum Gasteiger partial charge on any atom is -0.376 e. The van der Waals surface area contributed by atoms with Crippen molar-refractivity contribution in [1.29, 1.82) is 0 Å². The molecule has 0 aliphatic heterocycles. The molecule has 0 atom stereocenters. The van der Waals surface area contributed by atoms with Crippen molar-refractivity contribution in [3.8, 4) is 0 Å². The summed E-state index contributed by atoms with van der Waals surface area (Å²) in [6.45, 7) is 7.48. The van der Waals surface area contributed by atoms with Crippen molar-refractivity contribution in [2.45, 2.75) is 39.7 Å². The van der Waals surface area contributed by atoms with Crippen LogP contribution in [-0.4, -0.2) is 28.8 Å². The Labute approximate surface area is 180 Å². The highest BCUT2D eigenvalue weighted by atomic mass is 35.5. The van der Waals surface area contributed by atoms with E-state index in [2.05, 4.69) is 16.0 Å². The number of carbonyl (C=O) groups excluding carboxylic acids is 2. The van der Waals surface area contributed by atoms with Crippen LogP contribution in [0.5, 0.6) is 0 Å². The maximum absolute atomic E-state index is 12.4. The summed E-state index contributed by atoms with van der Waals surface area (Å²) in [7, 11) is 0. The number of nitro groups is 1. The third-order valence-corrected chi connectivity index (χ3v) is 5.01. The fourth-order valence-electron chi connectivity index (χ4n) is 2.55. The summed E-state index contributed by atoms with van der Waals surface area (Å²) in [6, 6.07) is 9.08. The number of nitrogens with one attached hydrogen (secondary N) is 3. The highest BCUT2D eigenvalue weighted by Gasteiger charge is 2.20. The fraction of sp³-hybridized carbons (Fsp3) is 0.333. The van der Waals surface area contributed by atoms with Crippen LogP contribution in [-0.2, 0) is 4.79 Å². The van der Waals surface area contributed by atoms with Crippen LogP contribution < -0.4 is 16.0 Å². The van der Waals surface area contributed by atoms with Crippen LogP contribution in [0.25, 0.3) is 0 Å². The SMILES string of the molecule is CCC(C)(C)NC(=O)c1ccc(NCC(=O)Nc2ccc([N+](=O)[O-])cc2C)cc1Cl. The molecule has 2 aromatic carbocycles. The molecule has 0 aliphatic rings. The second-order valence-corrected chi connectivity index (χ2v) is 7.95. The van der Waals surface area contributed by atoms with Crippen molar-refractivity contribution < 1.29 is 14.5 Å². The van der Waals surface area contributed by atoms with Gasteiger partial charge in [-0.3, -0.25) is 19.7 Å². The Balaban J connectivity index is 1.98. The number of anilines is 2. The quantitative estimate of drug-likeness (QED) is 0.419. The summed E-state index contributed by atoms with van der Waals surface area (Å²) < 4.78 is 0. The number of carbonyl (C=O) groups is 2. The Hall–Kier alpha value is -3.13. The van der Waals surface area contributed by atoms with Crippen LogP contribution in [0.3, 0.4) is 0 Å². The molecule has 0 aromatic heterocycles. The molecule has 0 radical (unpaired) electrons. The standard InChI is InChI=1S/C21H25ClN4O4/c1-5-21(3,4)25-20(28)16-8-6-14(11-17(16)22)23-12-19(27)24-18-9-7-15(26(29)30)10-13(18)2/h6-11,23H,5,12H2,1-4H3,(H,24,27)(H,25,28). The number of nitrogens with zero attached hydrogens (tertiary/aromatic N) is 1. The zero-order chi connectivity index (χ0) is 22.5. The Bertz CT molecular complexity index is 975. The van der Waals surface area contributed by atoms with Crippen LogP contribution in [0, 0.1) is 17.0 Å². The minimum absolute atomic E-state index is 0.0373. The van der Waals surface area contributed by atoms with Crippen molar-refractivity contribution in [2.24, 2.45) is 0 Å². The normalized spacial score (nSPS) is 11.0. The Morgan fingerprint density at radius 3 is 2.43 bits per heavy atom. The van der Waals surface area contributed by atoms with E-state index in [4.69, 9.17) is 11.6 Å². The summed E-state index contributed by atoms with van der Waals surface area (Å²) in [4.78, 5) is 34.9. The summed E-state index contributed by atoms with van der Waals surface area (Å²) >= 11 is 6.25. The summed E-state index contributed by atoms with van der Waals surface area (Å²) in [5.41, 5.74) is 1.65. The largest absolute Gasteiger partial charge is 0.376 e. The Morgan fingerprint density at radius 2 is 1.87 bits per heavy atom. The van der Waals surface area contributed by atoms with Crippen molar-refractivity contribution in [3.63, 3.8) is 0 Å². The van der Waals surface area contributed by atoms with Gasteiger partial charge in [-0.05, 0) is 57.0 Å². The van der Waals surface area contributed by atoms with Gasteiger partial charge in [-0.1, -0.05) is 18.5 Å². The zero-order valence-corrected chi connectivity index (χ0v) is 18.1. The summed E-state index contributed by atoms with van der Waals surface area (Å²) in [5.74, 6) is -0.584. The van der Waals surface area contributed by atoms with Gasteiger partial charge in [0.2, 0.25) is 5.91 Å². The predicted molar refractivity (Wildman–Crippen MR) is 118 cm³/mol. The van der Waals surface area contributed by atoms with Crippen LogP contribution in [0.15, 0.2) is 36.4 Å². The van der Waals surface area contributed by atoms with E-state index in [1.54, 1.807) is 25.1 Å². The molecule has 0 saturated heterocycles. The molecule has 0 aliphatic carbocycles. The number of hydrogen-bond donors (Lipinski definition) is 3. The molecule has 0 saturated carbocycles. The highest BCUT2D eigenvalue weighted by Crippen LogP contribution is 2.23. The van der Waals surface area contributed by atoms with E-state index in [0.29, 0.717) is 22.5 Å². The molecular weight excluding hydrogens is 408 g/mol. The smallest absolute Gasteiger partial charge is 0.269 e. The molecule has 8 nitrogen and oxygen atoms in total. The van der Waals surface area contributed by atoms with Gasteiger partial charge in [0.15, 0.2) is 0 Å². The van der Waals surface area contributed by atoms with Crippen molar-refractivity contribution in [2.75, 3.05) is 17.2 Å². The lowest BCUT2D eigenvalue weighted by molar-refractivity contribution is -0.384. The first-order valence-corrected chi connectivity index (χ1v) is 9.81. The van der Waals surface area contributed by atoms with Gasteiger partial charge in [-0.2, -0.15) is 0 Å². The number of nitro benzene ring substituents is 1. The molecule has 2 aromatic rings. The maximum Gasteiger partial charge on any atom is 0.269 e. The molecular formula is C21H25ClN4O4. The molecule has 30 heavy (non-hydrogen) atoms. The first kappa shape index (κ1) is 23.2. The molecule has 3 N–H and O–H groups in total. The first-order chi connectivity index (χ1) is 14.0. The number of benzene rings is 2. The van der Waals surface area contributed by atoms with Gasteiger partial charge in [0, 0.05) is 29.0 Å². The lowest BCUT2D eigenvalue weighted by Gasteiger charge is -2.24. The molecule has 0 fully saturated rings. The topological polar surface area (TPSA) is 113 Å². The van der Waals surface area contributed by atoms with Gasteiger partial charge >= 0.3 is 0 Å². The molecule has 0 spiro atoms. The molecule has 0 bridgehead atoms. The average molecular weight is 433 g/mol. The zero-order valence-electron chi connectivity index (χ0n) is 17.3.